The molecule has 14 heteroatoms. The average Bonchev–Trinajstić information content (AvgIpc) is 3.09. The number of halogens is 10. The van der Waals surface area contributed by atoms with Crippen LogP contribution < -0.4 is 21.5 Å². The van der Waals surface area contributed by atoms with Crippen LogP contribution >= 0.6 is 7.26 Å². The van der Waals surface area contributed by atoms with Crippen LogP contribution in [0.3, 0.4) is 0 Å². The number of aryl methyl sites for hydroxylation is 6. The van der Waals surface area contributed by atoms with Crippen molar-refractivity contribution in [2.75, 3.05) is 6.16 Å². The van der Waals surface area contributed by atoms with Crippen LogP contribution in [-0.4, -0.2) is 18.1 Å². The van der Waals surface area contributed by atoms with Crippen molar-refractivity contribution in [1.82, 2.24) is 0 Å². The van der Waals surface area contributed by atoms with Crippen LogP contribution in [0.15, 0.2) is 59.6 Å². The molecular weight excluding hydrogens is 730 g/mol. The highest BCUT2D eigenvalue weighted by molar-refractivity contribution is 8.03. The van der Waals surface area contributed by atoms with Gasteiger partial charge in [0.15, 0.2) is 42.2 Å². The third kappa shape index (κ3) is 5.82. The molecule has 5 aromatic carbocycles. The number of hydrogen-bond donors (Lipinski definition) is 0. The minimum absolute atomic E-state index is 0.151. The van der Waals surface area contributed by atoms with Crippen molar-refractivity contribution < 1.29 is 48.6 Å². The van der Waals surface area contributed by atoms with E-state index in [-0.39, 0.29) is 11.8 Å². The van der Waals surface area contributed by atoms with E-state index < -0.39 is 94.7 Å². The van der Waals surface area contributed by atoms with Gasteiger partial charge in [0.05, 0.1) is 11.8 Å². The van der Waals surface area contributed by atoms with Gasteiger partial charge in [0.2, 0.25) is 6.35 Å². The summed E-state index contributed by atoms with van der Waals surface area (Å²) >= 11 is 0. The lowest BCUT2D eigenvalue weighted by Crippen LogP contribution is -2.69. The molecule has 1 aliphatic heterocycles. The Balaban J connectivity index is 1.86. The third-order valence-electron chi connectivity index (χ3n) is 9.94. The number of benzene rings is 5. The topological polar surface area (TPSA) is 21.6 Å². The van der Waals surface area contributed by atoms with Gasteiger partial charge in [0, 0.05) is 0 Å². The van der Waals surface area contributed by atoms with Crippen molar-refractivity contribution in [3.05, 3.63) is 146 Å². The molecule has 2 nitrogen and oxygen atoms in total. The van der Waals surface area contributed by atoms with Crippen molar-refractivity contribution >= 4 is 46.5 Å². The largest absolute Gasteiger partial charge is 0.665 e. The van der Waals surface area contributed by atoms with E-state index >= 15 is 35.1 Å². The first-order valence-corrected chi connectivity index (χ1v) is 18.4. The third-order valence-corrected chi connectivity index (χ3v) is 14.7. The Labute approximate surface area is 299 Å². The van der Waals surface area contributed by atoms with E-state index in [1.165, 1.54) is 12.1 Å². The molecule has 0 aromatic heterocycles. The molecule has 0 bridgehead atoms. The van der Waals surface area contributed by atoms with E-state index in [0.29, 0.717) is 32.9 Å². The van der Waals surface area contributed by atoms with Crippen LogP contribution in [0.2, 0.25) is 6.32 Å². The average molecular weight is 761 g/mol. The molecule has 0 N–H and O–H groups in total. The maximum Gasteiger partial charge on any atom is 0.303 e. The highest BCUT2D eigenvalue weighted by Gasteiger charge is 2.61. The second kappa shape index (κ2) is 13.7. The van der Waals surface area contributed by atoms with Gasteiger partial charge in [-0.15, -0.1) is 0 Å². The lowest BCUT2D eigenvalue weighted by molar-refractivity contribution is 0.377. The number of rotatable bonds is 5. The van der Waals surface area contributed by atoms with E-state index in [2.05, 4.69) is 0 Å². The molecule has 53 heavy (non-hydrogen) atoms. The molecule has 0 radical (unpaired) electrons. The fourth-order valence-electron chi connectivity index (χ4n) is 8.21. The summed E-state index contributed by atoms with van der Waals surface area (Å²) in [5.74, 6) is -25.4. The number of aliphatic imine (C=N–C) groups is 1. The molecule has 0 atom stereocenters. The molecular formula is C39H31BF10NOP. The summed E-state index contributed by atoms with van der Waals surface area (Å²) in [5.41, 5.74) is 0.500. The zero-order valence-electron chi connectivity index (χ0n) is 29.3. The first-order chi connectivity index (χ1) is 24.9. The molecule has 0 amide bonds. The Morgan fingerprint density at radius 3 is 1.21 bits per heavy atom. The quantitative estimate of drug-likeness (QED) is 0.0576. The predicted octanol–water partition coefficient (Wildman–Crippen LogP) is 9.37. The normalized spacial score (nSPS) is 15.9. The van der Waals surface area contributed by atoms with Gasteiger partial charge in [-0.25, -0.2) is 43.9 Å². The maximum absolute atomic E-state index is 16.1. The minimum Gasteiger partial charge on any atom is -0.665 e. The molecule has 0 aliphatic carbocycles. The van der Waals surface area contributed by atoms with Crippen LogP contribution in [0.25, 0.3) is 0 Å². The van der Waals surface area contributed by atoms with Crippen LogP contribution in [0.4, 0.5) is 49.6 Å². The lowest BCUT2D eigenvalue weighted by atomic mass is 9.29. The van der Waals surface area contributed by atoms with E-state index in [0.717, 1.165) is 11.1 Å². The van der Waals surface area contributed by atoms with Crippen molar-refractivity contribution in [3.63, 3.8) is 0 Å². The van der Waals surface area contributed by atoms with Crippen LogP contribution in [0, 0.1) is 99.7 Å². The fraction of sp³-hybridized carbons (Fsp3) is 0.205. The molecule has 276 valence electrons. The standard InChI is InChI=1S/C39H31BF10NOP/c1-18-14-20(3)37(21(4)15-18)53(38-22(5)16-19(2)17-23(38)6)13-12-40(52-39(53)51-24-10-8-7-9-11-24,25-27(41)31(45)35(49)32(46)28(25)42)26-29(43)33(47)36(50)34(48)30(26)44/h7-11,14-17H,12-13H2,1-6H3. The van der Waals surface area contributed by atoms with Gasteiger partial charge in [0.1, 0.15) is 33.9 Å². The smallest absolute Gasteiger partial charge is 0.303 e. The van der Waals surface area contributed by atoms with Gasteiger partial charge in [-0.3, -0.25) is 0 Å². The first kappa shape index (κ1) is 38.1. The van der Waals surface area contributed by atoms with E-state index in [4.69, 9.17) is 9.65 Å². The molecule has 1 fully saturated rings. The fourth-order valence-corrected chi connectivity index (χ4v) is 13.5. The predicted molar refractivity (Wildman–Crippen MR) is 189 cm³/mol. The van der Waals surface area contributed by atoms with E-state index in [1.54, 1.807) is 45.9 Å². The molecule has 6 rings (SSSR count). The lowest BCUT2D eigenvalue weighted by Gasteiger charge is -2.50. The van der Waals surface area contributed by atoms with Gasteiger partial charge in [-0.05, 0) is 75.9 Å². The van der Waals surface area contributed by atoms with E-state index in [1.807, 2.05) is 38.1 Å². The Kier molecular flexibility index (Phi) is 9.81. The van der Waals surface area contributed by atoms with E-state index in [9.17, 15) is 8.78 Å². The number of nitrogens with zero attached hydrogens (tertiary/aromatic N) is 1. The summed E-state index contributed by atoms with van der Waals surface area (Å²) in [5, 5.41) is 1.29. The van der Waals surface area contributed by atoms with Gasteiger partial charge < -0.3 is 4.65 Å². The highest BCUT2D eigenvalue weighted by atomic mass is 31.2. The Morgan fingerprint density at radius 2 is 0.849 bits per heavy atom. The van der Waals surface area contributed by atoms with Gasteiger partial charge in [-0.1, -0.05) is 70.8 Å². The second-order valence-electron chi connectivity index (χ2n) is 13.6. The minimum atomic E-state index is -4.58. The molecule has 0 saturated carbocycles. The molecule has 5 aromatic rings. The summed E-state index contributed by atoms with van der Waals surface area (Å²) in [4.78, 5) is 4.77. The maximum atomic E-state index is 16.1. The highest BCUT2D eigenvalue weighted by Crippen LogP contribution is 2.65. The summed E-state index contributed by atoms with van der Waals surface area (Å²) in [6.07, 6.45) is -5.90. The SMILES string of the molecule is Cc1cc(C)c([P+]2(c3c(C)cc(C)cc3C)CC[B-](c3c(F)c(F)c(F)c(F)c3F)(c3c(F)c(F)c(F)c(F)c3F)OC2=Nc2ccccc2)c(C)c1. The zero-order valence-corrected chi connectivity index (χ0v) is 30.2. The Bertz CT molecular complexity index is 2130. The van der Waals surface area contributed by atoms with Gasteiger partial charge >= 0.3 is 5.64 Å². The molecule has 0 spiro atoms. The van der Waals surface area contributed by atoms with Gasteiger partial charge in [-0.2, -0.15) is 4.99 Å². The Morgan fingerprint density at radius 1 is 0.509 bits per heavy atom. The number of para-hydroxylation sites is 1. The summed E-state index contributed by atoms with van der Waals surface area (Å²) < 4.78 is 160. The van der Waals surface area contributed by atoms with Crippen LogP contribution in [0.5, 0.6) is 0 Å². The molecule has 1 aliphatic rings. The van der Waals surface area contributed by atoms with Crippen molar-refractivity contribution in [1.29, 1.82) is 0 Å². The molecule has 0 unspecified atom stereocenters. The summed E-state index contributed by atoms with van der Waals surface area (Å²) in [6, 6.07) is 15.3. The van der Waals surface area contributed by atoms with Crippen LogP contribution in [0.1, 0.15) is 33.4 Å². The Hall–Kier alpha value is -4.64. The van der Waals surface area contributed by atoms with Crippen molar-refractivity contribution in [2.24, 2.45) is 4.99 Å². The number of hydrogen-bond acceptors (Lipinski definition) is 2. The molecule has 1 saturated heterocycles. The summed E-state index contributed by atoms with van der Waals surface area (Å²) in [6.45, 7) is 10.9. The van der Waals surface area contributed by atoms with Gasteiger partial charge in [0.25, 0.3) is 0 Å². The second-order valence-corrected chi connectivity index (χ2v) is 16.9. The van der Waals surface area contributed by atoms with Crippen molar-refractivity contribution in [2.45, 2.75) is 47.9 Å². The van der Waals surface area contributed by atoms with Crippen LogP contribution in [-0.2, 0) is 4.65 Å². The van der Waals surface area contributed by atoms with Crippen molar-refractivity contribution in [3.8, 4) is 0 Å². The zero-order chi connectivity index (χ0) is 38.9. The molecule has 1 heterocycles. The first-order valence-electron chi connectivity index (χ1n) is 16.5. The monoisotopic (exact) mass is 761 g/mol. The summed E-state index contributed by atoms with van der Waals surface area (Å²) in [7, 11) is -3.48.